The van der Waals surface area contributed by atoms with Gasteiger partial charge in [0.15, 0.2) is 0 Å². The molecular weight excluding hydrogens is 193 g/mol. The normalized spacial score (nSPS) is 39.1. The SMILES string of the molecule is O[C@@H]1[C@H]2CN(Cc3ccccc3)[C@@H]1[C@H]2F. The molecule has 15 heavy (non-hydrogen) atoms. The summed E-state index contributed by atoms with van der Waals surface area (Å²) in [7, 11) is 0. The number of halogens is 1. The second-order valence-electron chi connectivity index (χ2n) is 4.50. The standard InChI is InChI=1S/C12H14FNO/c13-10-9-7-14(11(10)12(9)15)6-8-4-2-1-3-5-8/h1-5,9-12,15H,6-7H2/t9-,10-,11+,12+/m0/s1. The molecule has 3 heteroatoms. The molecule has 80 valence electrons. The van der Waals surface area contributed by atoms with Gasteiger partial charge < -0.3 is 5.11 Å². The highest BCUT2D eigenvalue weighted by molar-refractivity contribution is 5.18. The third-order valence-electron chi connectivity index (χ3n) is 3.62. The highest BCUT2D eigenvalue weighted by atomic mass is 19.1. The van der Waals surface area contributed by atoms with Crippen LogP contribution in [0.3, 0.4) is 0 Å². The van der Waals surface area contributed by atoms with Gasteiger partial charge in [0, 0.05) is 19.0 Å². The minimum Gasteiger partial charge on any atom is -0.391 e. The van der Waals surface area contributed by atoms with Gasteiger partial charge in [-0.1, -0.05) is 30.3 Å². The van der Waals surface area contributed by atoms with E-state index in [1.54, 1.807) is 0 Å². The van der Waals surface area contributed by atoms with Crippen molar-refractivity contribution in [2.24, 2.45) is 5.92 Å². The lowest BCUT2D eigenvalue weighted by atomic mass is 9.80. The van der Waals surface area contributed by atoms with Crippen molar-refractivity contribution < 1.29 is 9.50 Å². The van der Waals surface area contributed by atoms with E-state index in [4.69, 9.17) is 0 Å². The quantitative estimate of drug-likeness (QED) is 0.787. The summed E-state index contributed by atoms with van der Waals surface area (Å²) in [4.78, 5) is 2.05. The molecule has 0 unspecified atom stereocenters. The van der Waals surface area contributed by atoms with Crippen molar-refractivity contribution in [2.45, 2.75) is 24.9 Å². The summed E-state index contributed by atoms with van der Waals surface area (Å²) in [5.74, 6) is -0.140. The van der Waals surface area contributed by atoms with Crippen LogP contribution in [0.2, 0.25) is 0 Å². The Morgan fingerprint density at radius 3 is 2.60 bits per heavy atom. The maximum absolute atomic E-state index is 13.4. The molecule has 4 rings (SSSR count). The maximum atomic E-state index is 13.4. The Kier molecular flexibility index (Phi) is 2.04. The Balaban J connectivity index is 1.71. The van der Waals surface area contributed by atoms with Crippen LogP contribution >= 0.6 is 0 Å². The number of fused-ring (bicyclic) bond motifs is 1. The van der Waals surface area contributed by atoms with Crippen LogP contribution < -0.4 is 0 Å². The third kappa shape index (κ3) is 1.30. The number of hydrogen-bond acceptors (Lipinski definition) is 2. The summed E-state index contributed by atoms with van der Waals surface area (Å²) < 4.78 is 13.4. The van der Waals surface area contributed by atoms with Crippen LogP contribution in [0.1, 0.15) is 5.56 Å². The zero-order valence-corrected chi connectivity index (χ0v) is 8.38. The maximum Gasteiger partial charge on any atom is 0.125 e. The average molecular weight is 207 g/mol. The Hall–Kier alpha value is -0.930. The van der Waals surface area contributed by atoms with E-state index in [2.05, 4.69) is 4.90 Å². The van der Waals surface area contributed by atoms with E-state index in [1.807, 2.05) is 30.3 Å². The van der Waals surface area contributed by atoms with Crippen LogP contribution in [0.4, 0.5) is 4.39 Å². The molecule has 1 N–H and O–H groups in total. The van der Waals surface area contributed by atoms with E-state index in [9.17, 15) is 9.50 Å². The lowest BCUT2D eigenvalue weighted by Crippen LogP contribution is -2.53. The molecule has 0 amide bonds. The molecule has 4 atom stereocenters. The van der Waals surface area contributed by atoms with Crippen molar-refractivity contribution in [3.05, 3.63) is 35.9 Å². The first kappa shape index (κ1) is 9.31. The predicted octanol–water partition coefficient (Wildman–Crippen LogP) is 1.20. The minimum absolute atomic E-state index is 0.140. The van der Waals surface area contributed by atoms with Gasteiger partial charge in [-0.2, -0.15) is 0 Å². The second-order valence-corrected chi connectivity index (χ2v) is 4.50. The number of alkyl halides is 1. The first-order valence-corrected chi connectivity index (χ1v) is 5.37. The fourth-order valence-electron chi connectivity index (χ4n) is 2.74. The number of rotatable bonds is 2. The zero-order chi connectivity index (χ0) is 10.4. The van der Waals surface area contributed by atoms with Crippen molar-refractivity contribution in [1.29, 1.82) is 0 Å². The average Bonchev–Trinajstić information content (AvgIpc) is 2.75. The van der Waals surface area contributed by atoms with Crippen LogP contribution in [-0.4, -0.2) is 34.9 Å². The van der Waals surface area contributed by atoms with Crippen molar-refractivity contribution in [1.82, 2.24) is 4.90 Å². The molecule has 2 nitrogen and oxygen atoms in total. The van der Waals surface area contributed by atoms with Crippen molar-refractivity contribution >= 4 is 0 Å². The highest BCUT2D eigenvalue weighted by Crippen LogP contribution is 2.43. The molecule has 3 aliphatic rings. The molecular formula is C12H14FNO. The molecule has 0 radical (unpaired) electrons. The first-order valence-electron chi connectivity index (χ1n) is 5.37. The van der Waals surface area contributed by atoms with Crippen LogP contribution in [0, 0.1) is 5.92 Å². The van der Waals surface area contributed by atoms with Crippen molar-refractivity contribution in [2.75, 3.05) is 6.54 Å². The molecule has 1 aromatic carbocycles. The van der Waals surface area contributed by atoms with Crippen LogP contribution in [-0.2, 0) is 6.54 Å². The molecule has 2 saturated heterocycles. The minimum atomic E-state index is -0.816. The van der Waals surface area contributed by atoms with Crippen LogP contribution in [0.25, 0.3) is 0 Å². The van der Waals surface area contributed by atoms with Crippen molar-refractivity contribution in [3.63, 3.8) is 0 Å². The second kappa shape index (κ2) is 3.29. The number of aliphatic hydroxyl groups is 1. The molecule has 2 aliphatic heterocycles. The van der Waals surface area contributed by atoms with Gasteiger partial charge >= 0.3 is 0 Å². The van der Waals surface area contributed by atoms with E-state index < -0.39 is 12.3 Å². The van der Waals surface area contributed by atoms with Gasteiger partial charge in [0.25, 0.3) is 0 Å². The summed E-state index contributed by atoms with van der Waals surface area (Å²) in [5, 5.41) is 9.58. The van der Waals surface area contributed by atoms with Gasteiger partial charge in [-0.25, -0.2) is 4.39 Å². The van der Waals surface area contributed by atoms with Gasteiger partial charge in [0.05, 0.1) is 12.1 Å². The van der Waals surface area contributed by atoms with Crippen LogP contribution in [0.5, 0.6) is 0 Å². The highest BCUT2D eigenvalue weighted by Gasteiger charge is 2.59. The molecule has 1 aliphatic carbocycles. The smallest absolute Gasteiger partial charge is 0.125 e. The summed E-state index contributed by atoms with van der Waals surface area (Å²) >= 11 is 0. The Bertz CT molecular complexity index is 346. The zero-order valence-electron chi connectivity index (χ0n) is 8.38. The monoisotopic (exact) mass is 207 g/mol. The fraction of sp³-hybridized carbons (Fsp3) is 0.500. The lowest BCUT2D eigenvalue weighted by molar-refractivity contribution is -0.0503. The number of aliphatic hydroxyl groups excluding tert-OH is 1. The molecule has 2 bridgehead atoms. The van der Waals surface area contributed by atoms with E-state index in [1.165, 1.54) is 5.56 Å². The van der Waals surface area contributed by atoms with E-state index in [0.29, 0.717) is 6.54 Å². The van der Waals surface area contributed by atoms with Crippen LogP contribution in [0.15, 0.2) is 30.3 Å². The van der Waals surface area contributed by atoms with Gasteiger partial charge in [-0.15, -0.1) is 0 Å². The van der Waals surface area contributed by atoms with Crippen molar-refractivity contribution in [3.8, 4) is 0 Å². The molecule has 3 fully saturated rings. The number of hydrogen-bond donors (Lipinski definition) is 1. The largest absolute Gasteiger partial charge is 0.391 e. The molecule has 0 aromatic heterocycles. The van der Waals surface area contributed by atoms with Gasteiger partial charge in [0.2, 0.25) is 0 Å². The Labute approximate surface area is 88.3 Å². The van der Waals surface area contributed by atoms with Gasteiger partial charge in [-0.3, -0.25) is 4.90 Å². The Morgan fingerprint density at radius 2 is 2.07 bits per heavy atom. The summed E-state index contributed by atoms with van der Waals surface area (Å²) in [6.07, 6.45) is -1.26. The molecule has 2 heterocycles. The number of nitrogens with zero attached hydrogens (tertiary/aromatic N) is 1. The van der Waals surface area contributed by atoms with E-state index >= 15 is 0 Å². The summed E-state index contributed by atoms with van der Waals surface area (Å²) in [6, 6.07) is 9.76. The third-order valence-corrected chi connectivity index (χ3v) is 3.62. The van der Waals surface area contributed by atoms with E-state index in [-0.39, 0.29) is 12.0 Å². The molecule has 0 spiro atoms. The first-order chi connectivity index (χ1) is 7.27. The lowest BCUT2D eigenvalue weighted by Gasteiger charge is -2.36. The predicted molar refractivity (Wildman–Crippen MR) is 55.0 cm³/mol. The van der Waals surface area contributed by atoms with Gasteiger partial charge in [0.1, 0.15) is 6.17 Å². The number of benzene rings is 1. The molecule has 1 saturated carbocycles. The fourth-order valence-corrected chi connectivity index (χ4v) is 2.74. The summed E-state index contributed by atoms with van der Waals surface area (Å²) in [6.45, 7) is 1.45. The topological polar surface area (TPSA) is 23.5 Å². The van der Waals surface area contributed by atoms with Gasteiger partial charge in [-0.05, 0) is 5.56 Å². The Morgan fingerprint density at radius 1 is 1.33 bits per heavy atom. The van der Waals surface area contributed by atoms with E-state index in [0.717, 1.165) is 6.54 Å². The summed E-state index contributed by atoms with van der Waals surface area (Å²) in [5.41, 5.74) is 1.18. The molecule has 1 aromatic rings.